The fraction of sp³-hybridized carbons (Fsp3) is 0.429. The van der Waals surface area contributed by atoms with Gasteiger partial charge in [-0.3, -0.25) is 9.78 Å². The highest BCUT2D eigenvalue weighted by Crippen LogP contribution is 1.97. The van der Waals surface area contributed by atoms with E-state index in [1.165, 1.54) is 13.3 Å². The average Bonchev–Trinajstić information content (AvgIpc) is 2.04. The summed E-state index contributed by atoms with van der Waals surface area (Å²) in [5.41, 5.74) is 0.359. The molecule has 1 heterocycles. The predicted octanol–water partition coefficient (Wildman–Crippen LogP) is 0.341. The molecule has 0 saturated carbocycles. The number of rotatable bonds is 2. The van der Waals surface area contributed by atoms with Gasteiger partial charge in [0, 0.05) is 0 Å². The Hall–Kier alpha value is -1.32. The molecule has 0 atom stereocenters. The molecule has 1 rings (SSSR count). The van der Waals surface area contributed by atoms with Crippen molar-refractivity contribution in [1.82, 2.24) is 9.97 Å². The third-order valence-corrected chi connectivity index (χ3v) is 1.39. The maximum atomic E-state index is 11.0. The van der Waals surface area contributed by atoms with Crippen LogP contribution in [0.3, 0.4) is 0 Å². The first-order chi connectivity index (χ1) is 5.27. The van der Waals surface area contributed by atoms with E-state index in [-0.39, 0.29) is 5.56 Å². The van der Waals surface area contributed by atoms with Gasteiger partial charge >= 0.3 is 0 Å². The third kappa shape index (κ3) is 1.58. The molecule has 0 bridgehead atoms. The van der Waals surface area contributed by atoms with Gasteiger partial charge in [-0.15, -0.1) is 0 Å². The Kier molecular flexibility index (Phi) is 2.25. The second kappa shape index (κ2) is 3.18. The molecule has 0 aliphatic carbocycles. The van der Waals surface area contributed by atoms with Gasteiger partial charge in [-0.1, -0.05) is 6.92 Å². The zero-order valence-electron chi connectivity index (χ0n) is 6.55. The maximum absolute atomic E-state index is 11.0. The number of methoxy groups -OCH3 is 1. The van der Waals surface area contributed by atoms with Crippen molar-refractivity contribution in [3.05, 3.63) is 22.2 Å². The minimum atomic E-state index is -0.174. The Morgan fingerprint density at radius 1 is 1.73 bits per heavy atom. The predicted molar refractivity (Wildman–Crippen MR) is 40.8 cm³/mol. The fourth-order valence-electron chi connectivity index (χ4n) is 0.767. The molecule has 0 aliphatic rings. The summed E-state index contributed by atoms with van der Waals surface area (Å²) in [6.07, 6.45) is 2.14. The van der Waals surface area contributed by atoms with Crippen LogP contribution in [0.5, 0.6) is 5.88 Å². The molecule has 60 valence electrons. The molecule has 0 spiro atoms. The average molecular weight is 154 g/mol. The molecular formula is C7H10N2O2. The SMILES string of the molecule is CCc1ncc(OC)[nH]c1=O. The van der Waals surface area contributed by atoms with Crippen LogP contribution in [0.1, 0.15) is 12.6 Å². The first kappa shape index (κ1) is 7.78. The molecule has 0 aliphatic heterocycles. The van der Waals surface area contributed by atoms with Crippen molar-refractivity contribution < 1.29 is 4.74 Å². The maximum Gasteiger partial charge on any atom is 0.272 e. The van der Waals surface area contributed by atoms with Crippen molar-refractivity contribution >= 4 is 0 Å². The van der Waals surface area contributed by atoms with Crippen molar-refractivity contribution in [2.45, 2.75) is 13.3 Å². The van der Waals surface area contributed by atoms with Gasteiger partial charge in [-0.25, -0.2) is 4.98 Å². The summed E-state index contributed by atoms with van der Waals surface area (Å²) < 4.78 is 4.78. The van der Waals surface area contributed by atoms with Crippen LogP contribution in [-0.2, 0) is 6.42 Å². The van der Waals surface area contributed by atoms with Gasteiger partial charge in [0.05, 0.1) is 13.3 Å². The summed E-state index contributed by atoms with van der Waals surface area (Å²) >= 11 is 0. The Labute approximate surface area is 64.2 Å². The molecule has 0 amide bonds. The third-order valence-electron chi connectivity index (χ3n) is 1.39. The molecule has 11 heavy (non-hydrogen) atoms. The van der Waals surface area contributed by atoms with E-state index < -0.39 is 0 Å². The molecule has 0 unspecified atom stereocenters. The van der Waals surface area contributed by atoms with Crippen molar-refractivity contribution in [1.29, 1.82) is 0 Å². The van der Waals surface area contributed by atoms with Crippen LogP contribution in [0.2, 0.25) is 0 Å². The van der Waals surface area contributed by atoms with Crippen LogP contribution in [0, 0.1) is 0 Å². The Morgan fingerprint density at radius 2 is 2.45 bits per heavy atom. The van der Waals surface area contributed by atoms with Crippen LogP contribution < -0.4 is 10.3 Å². The molecule has 1 aromatic heterocycles. The van der Waals surface area contributed by atoms with E-state index in [0.717, 1.165) is 0 Å². The van der Waals surface area contributed by atoms with Crippen LogP contribution in [-0.4, -0.2) is 17.1 Å². The lowest BCUT2D eigenvalue weighted by molar-refractivity contribution is 0.393. The molecule has 0 saturated heterocycles. The summed E-state index contributed by atoms with van der Waals surface area (Å²) in [4.78, 5) is 17.5. The smallest absolute Gasteiger partial charge is 0.272 e. The van der Waals surface area contributed by atoms with Gasteiger partial charge in [-0.05, 0) is 6.42 Å². The van der Waals surface area contributed by atoms with Gasteiger partial charge in [0.2, 0.25) is 5.88 Å². The number of aromatic nitrogens is 2. The standard InChI is InChI=1S/C7H10N2O2/c1-3-5-7(10)9-6(11-2)4-8-5/h4H,3H2,1-2H3,(H,9,10). The number of nitrogens with zero attached hydrogens (tertiary/aromatic N) is 1. The normalized spacial score (nSPS) is 9.64. The fourth-order valence-corrected chi connectivity index (χ4v) is 0.767. The Balaban J connectivity index is 3.10. The lowest BCUT2D eigenvalue weighted by Gasteiger charge is -1.98. The molecule has 1 aromatic rings. The molecule has 0 fully saturated rings. The van der Waals surface area contributed by atoms with Crippen molar-refractivity contribution in [3.63, 3.8) is 0 Å². The van der Waals surface area contributed by atoms with Crippen LogP contribution in [0.15, 0.2) is 11.0 Å². The zero-order chi connectivity index (χ0) is 8.27. The quantitative estimate of drug-likeness (QED) is 0.668. The van der Waals surface area contributed by atoms with Gasteiger partial charge in [0.15, 0.2) is 0 Å². The number of nitrogens with one attached hydrogen (secondary N) is 1. The summed E-state index contributed by atoms with van der Waals surface area (Å²) in [7, 11) is 1.48. The highest BCUT2D eigenvalue weighted by Gasteiger charge is 1.98. The molecule has 0 aromatic carbocycles. The number of H-pyrrole nitrogens is 1. The van der Waals surface area contributed by atoms with E-state index in [2.05, 4.69) is 9.97 Å². The second-order valence-corrected chi connectivity index (χ2v) is 2.08. The van der Waals surface area contributed by atoms with E-state index in [1.807, 2.05) is 6.92 Å². The zero-order valence-corrected chi connectivity index (χ0v) is 6.55. The number of hydrogen-bond acceptors (Lipinski definition) is 3. The first-order valence-electron chi connectivity index (χ1n) is 3.40. The van der Waals surface area contributed by atoms with Crippen molar-refractivity contribution in [3.8, 4) is 5.88 Å². The van der Waals surface area contributed by atoms with Gasteiger partial charge in [0.25, 0.3) is 5.56 Å². The highest BCUT2D eigenvalue weighted by atomic mass is 16.5. The van der Waals surface area contributed by atoms with Gasteiger partial charge in [0.1, 0.15) is 5.69 Å². The van der Waals surface area contributed by atoms with Crippen LogP contribution in [0.25, 0.3) is 0 Å². The van der Waals surface area contributed by atoms with Crippen LogP contribution >= 0.6 is 0 Å². The molecule has 4 nitrogen and oxygen atoms in total. The van der Waals surface area contributed by atoms with E-state index >= 15 is 0 Å². The Bertz CT molecular complexity index is 293. The van der Waals surface area contributed by atoms with E-state index in [9.17, 15) is 4.79 Å². The minimum Gasteiger partial charge on any atom is -0.481 e. The van der Waals surface area contributed by atoms with Crippen molar-refractivity contribution in [2.24, 2.45) is 0 Å². The lowest BCUT2D eigenvalue weighted by atomic mass is 10.3. The first-order valence-corrected chi connectivity index (χ1v) is 3.40. The summed E-state index contributed by atoms with van der Waals surface area (Å²) in [5.74, 6) is 0.396. The molecule has 0 radical (unpaired) electrons. The minimum absolute atomic E-state index is 0.174. The van der Waals surface area contributed by atoms with Gasteiger partial charge in [-0.2, -0.15) is 0 Å². The van der Waals surface area contributed by atoms with Crippen molar-refractivity contribution in [2.75, 3.05) is 7.11 Å². The lowest BCUT2D eigenvalue weighted by Crippen LogP contribution is -2.14. The number of hydrogen-bond donors (Lipinski definition) is 1. The molecular weight excluding hydrogens is 144 g/mol. The largest absolute Gasteiger partial charge is 0.481 e. The molecule has 1 N–H and O–H groups in total. The Morgan fingerprint density at radius 3 is 2.91 bits per heavy atom. The summed E-state index contributed by atoms with van der Waals surface area (Å²) in [5, 5.41) is 0. The number of ether oxygens (including phenoxy) is 1. The number of aryl methyl sites for hydroxylation is 1. The number of aromatic amines is 1. The van der Waals surface area contributed by atoms with Gasteiger partial charge < -0.3 is 4.74 Å². The summed E-state index contributed by atoms with van der Waals surface area (Å²) in [6, 6.07) is 0. The van der Waals surface area contributed by atoms with E-state index in [1.54, 1.807) is 0 Å². The van der Waals surface area contributed by atoms with E-state index in [4.69, 9.17) is 4.74 Å². The van der Waals surface area contributed by atoms with E-state index in [0.29, 0.717) is 18.0 Å². The monoisotopic (exact) mass is 154 g/mol. The molecule has 4 heteroatoms. The highest BCUT2D eigenvalue weighted by molar-refractivity contribution is 5.06. The topological polar surface area (TPSA) is 55.0 Å². The second-order valence-electron chi connectivity index (χ2n) is 2.08. The van der Waals surface area contributed by atoms with Crippen LogP contribution in [0.4, 0.5) is 0 Å². The summed E-state index contributed by atoms with van der Waals surface area (Å²) in [6.45, 7) is 1.88.